The van der Waals surface area contributed by atoms with Gasteiger partial charge in [0.25, 0.3) is 0 Å². The molecule has 0 radical (unpaired) electrons. The Balaban J connectivity index is 0.000000163. The fraction of sp³-hybridized carbons (Fsp3) is 0.436. The number of rotatable bonds is 2. The Morgan fingerprint density at radius 3 is 1.44 bits per heavy atom. The Hall–Kier alpha value is -7.09. The van der Waals surface area contributed by atoms with Gasteiger partial charge in [-0.15, -0.1) is 22.7 Å². The van der Waals surface area contributed by atoms with Gasteiger partial charge in [-0.1, -0.05) is 166 Å². The van der Waals surface area contributed by atoms with Crippen LogP contribution in [0.5, 0.6) is 0 Å². The molecule has 4 aromatic heterocycles. The Labute approximate surface area is 538 Å². The number of halogens is 3. The fourth-order valence-electron chi connectivity index (χ4n) is 15.3. The van der Waals surface area contributed by atoms with Crippen LogP contribution in [0.4, 0.5) is 24.5 Å². The van der Waals surface area contributed by atoms with Crippen molar-refractivity contribution >= 4 is 109 Å². The van der Waals surface area contributed by atoms with Crippen molar-refractivity contribution in [3.05, 3.63) is 150 Å². The highest BCUT2D eigenvalue weighted by Gasteiger charge is 2.47. The topological polar surface area (TPSA) is 92.7 Å². The highest BCUT2D eigenvalue weighted by Crippen LogP contribution is 2.56. The lowest BCUT2D eigenvalue weighted by Crippen LogP contribution is -2.45. The lowest BCUT2D eigenvalue weighted by atomic mass is 9.69. The summed E-state index contributed by atoms with van der Waals surface area (Å²) >= 11 is 2.74. The average Bonchev–Trinajstić information content (AvgIpc) is 1.24. The molecule has 4 aliphatic rings. The highest BCUT2D eigenvalue weighted by atomic mass is 32.1. The molecular formula is C78H83F3N4O4S2. The fourth-order valence-corrected chi connectivity index (χ4v) is 17.6. The zero-order chi connectivity index (χ0) is 65.1. The third-order valence-electron chi connectivity index (χ3n) is 21.2. The minimum absolute atomic E-state index is 0.0214. The smallest absolute Gasteiger partial charge is 0.418 e. The number of anilines is 2. The van der Waals surface area contributed by atoms with E-state index in [1.807, 2.05) is 19.9 Å². The van der Waals surface area contributed by atoms with Crippen LogP contribution in [0.15, 0.2) is 97.3 Å². The monoisotopic (exact) mass is 1260 g/mol. The largest absolute Gasteiger partial charge is 0.422 e. The van der Waals surface area contributed by atoms with Crippen LogP contribution in [-0.4, -0.2) is 36.1 Å². The summed E-state index contributed by atoms with van der Waals surface area (Å²) in [6, 6.07) is 27.6. The SMILES string of the molecule is CC(C)(C)c1ccc2c(c1)c1cc(C(C)(C)C)ccc1c1sc(-c3c(C(F)(F)F)c4cc5c6c(c4oc3=O)C(C)(C)CCN6CCC5(C)C)nc21.Cc1c(-c2nc3ccc4cc(C(C)(C)C)ccc4c3s2)c(=O)oc2c3c4c(cc12)C(C)(C)CCN4CCC3(C)C. The molecule has 472 valence electrons. The minimum atomic E-state index is -4.84. The van der Waals surface area contributed by atoms with Crippen molar-refractivity contribution in [1.29, 1.82) is 0 Å². The number of thiazole rings is 2. The van der Waals surface area contributed by atoms with Gasteiger partial charge >= 0.3 is 17.4 Å². The summed E-state index contributed by atoms with van der Waals surface area (Å²) in [5, 5.41) is 7.90. The van der Waals surface area contributed by atoms with Gasteiger partial charge in [0.05, 0.1) is 31.6 Å². The first kappa shape index (κ1) is 61.4. The molecule has 0 atom stereocenters. The molecule has 0 N–H and O–H groups in total. The predicted molar refractivity (Wildman–Crippen MR) is 376 cm³/mol. The molecule has 15 rings (SSSR count). The second-order valence-electron chi connectivity index (χ2n) is 32.4. The Morgan fingerprint density at radius 2 is 0.912 bits per heavy atom. The Kier molecular flexibility index (Phi) is 13.5. The van der Waals surface area contributed by atoms with E-state index in [1.165, 1.54) is 33.2 Å². The summed E-state index contributed by atoms with van der Waals surface area (Å²) in [5.41, 5.74) is 10.1. The van der Waals surface area contributed by atoms with Gasteiger partial charge in [0.2, 0.25) is 0 Å². The minimum Gasteiger partial charge on any atom is -0.422 e. The standard InChI is InChI=1S/C43H45F3N2O2S.C35H38N2O2S/c1-39(2,3)22-11-13-24-26(19-22)27-20-23(40(4,5)6)12-14-25(27)36-33(24)47-37(51-36)30-31(43(44,45)46)28-21-29-34-32(35(28)50-38(30)49)42(9,10)16-18-48(34)17-15-41(29,7)8;1-19-23-18-24-28-27(35(7,8)14-16-37(28)15-13-34(24,5)6)29(23)39-32(38)26(19)31-36-25-12-9-20-17-21(33(2,3)4)10-11-22(20)30(25)40-31/h11-14,19-21H,15-18H2,1-10H3;9-12,17-18H,13-16H2,1-8H3. The first-order valence-corrected chi connectivity index (χ1v) is 34.0. The molecule has 8 nitrogen and oxygen atoms in total. The van der Waals surface area contributed by atoms with Crippen molar-refractivity contribution in [2.24, 2.45) is 0 Å². The normalized spacial score (nSPS) is 17.8. The molecule has 0 aliphatic carbocycles. The van der Waals surface area contributed by atoms with Crippen LogP contribution in [0.1, 0.15) is 193 Å². The third-order valence-corrected chi connectivity index (χ3v) is 23.4. The van der Waals surface area contributed by atoms with E-state index in [4.69, 9.17) is 18.8 Å². The maximum absolute atomic E-state index is 15.6. The highest BCUT2D eigenvalue weighted by molar-refractivity contribution is 7.23. The number of fused-ring (bicyclic) bond motifs is 13. The maximum Gasteiger partial charge on any atom is 0.418 e. The third kappa shape index (κ3) is 9.67. The van der Waals surface area contributed by atoms with Gasteiger partial charge in [-0.3, -0.25) is 0 Å². The van der Waals surface area contributed by atoms with Crippen LogP contribution >= 0.6 is 22.7 Å². The van der Waals surface area contributed by atoms with Gasteiger partial charge in [0.15, 0.2) is 0 Å². The van der Waals surface area contributed by atoms with E-state index >= 15 is 13.2 Å². The molecule has 0 saturated carbocycles. The molecule has 4 aliphatic heterocycles. The summed E-state index contributed by atoms with van der Waals surface area (Å²) in [5.74, 6) is 0. The van der Waals surface area contributed by atoms with Gasteiger partial charge in [-0.25, -0.2) is 19.6 Å². The van der Waals surface area contributed by atoms with Crippen molar-refractivity contribution in [3.63, 3.8) is 0 Å². The van der Waals surface area contributed by atoms with Gasteiger partial charge in [0, 0.05) is 75.6 Å². The molecule has 8 heterocycles. The molecular weight excluding hydrogens is 1180 g/mol. The number of aromatic nitrogens is 2. The number of alkyl halides is 3. The summed E-state index contributed by atoms with van der Waals surface area (Å²) in [7, 11) is 0. The molecule has 0 saturated heterocycles. The molecule has 0 amide bonds. The van der Waals surface area contributed by atoms with Crippen LogP contribution in [0.25, 0.3) is 95.8 Å². The van der Waals surface area contributed by atoms with Crippen molar-refractivity contribution in [3.8, 4) is 21.1 Å². The summed E-state index contributed by atoms with van der Waals surface area (Å²) < 4.78 is 61.3. The molecule has 11 aromatic rings. The average molecular weight is 1260 g/mol. The summed E-state index contributed by atoms with van der Waals surface area (Å²) in [6.07, 6.45) is -1.10. The lowest BCUT2D eigenvalue weighted by Gasteiger charge is -2.48. The number of nitrogens with zero attached hydrogens (tertiary/aromatic N) is 4. The van der Waals surface area contributed by atoms with Crippen molar-refractivity contribution in [2.75, 3.05) is 36.0 Å². The molecule has 0 bridgehead atoms. The van der Waals surface area contributed by atoms with Crippen molar-refractivity contribution in [1.82, 2.24) is 9.97 Å². The maximum atomic E-state index is 15.6. The van der Waals surface area contributed by atoms with Crippen LogP contribution in [0.2, 0.25) is 0 Å². The van der Waals surface area contributed by atoms with Crippen LogP contribution in [0, 0.1) is 6.92 Å². The Bertz CT molecular complexity index is 4990. The predicted octanol–water partition coefficient (Wildman–Crippen LogP) is 21.2. The van der Waals surface area contributed by atoms with Crippen molar-refractivity contribution < 1.29 is 22.0 Å². The second kappa shape index (κ2) is 20.0. The lowest BCUT2D eigenvalue weighted by molar-refractivity contribution is -0.136. The zero-order valence-electron chi connectivity index (χ0n) is 56.0. The molecule has 0 fully saturated rings. The van der Waals surface area contributed by atoms with Gasteiger partial charge < -0.3 is 18.6 Å². The van der Waals surface area contributed by atoms with Crippen LogP contribution in [-0.2, 0) is 44.1 Å². The first-order valence-electron chi connectivity index (χ1n) is 32.4. The second-order valence-corrected chi connectivity index (χ2v) is 34.4. The van der Waals surface area contributed by atoms with Crippen LogP contribution in [0.3, 0.4) is 0 Å². The number of benzene rings is 7. The first-order chi connectivity index (χ1) is 42.3. The molecule has 13 heteroatoms. The molecule has 0 spiro atoms. The van der Waals surface area contributed by atoms with Crippen LogP contribution < -0.4 is 21.1 Å². The van der Waals surface area contributed by atoms with E-state index in [-0.39, 0.29) is 54.1 Å². The zero-order valence-corrected chi connectivity index (χ0v) is 57.7. The van der Waals surface area contributed by atoms with Crippen molar-refractivity contribution in [2.45, 2.75) is 194 Å². The molecule has 91 heavy (non-hydrogen) atoms. The van der Waals surface area contributed by atoms with E-state index in [9.17, 15) is 9.59 Å². The van der Waals surface area contributed by atoms with E-state index < -0.39 is 28.3 Å². The number of hydrogen-bond donors (Lipinski definition) is 0. The Morgan fingerprint density at radius 1 is 0.473 bits per heavy atom. The summed E-state index contributed by atoms with van der Waals surface area (Å²) in [4.78, 5) is 42.7. The number of aryl methyl sites for hydroxylation is 1. The van der Waals surface area contributed by atoms with E-state index in [2.05, 4.69) is 187 Å². The van der Waals surface area contributed by atoms with E-state index in [0.29, 0.717) is 16.6 Å². The molecule has 0 unspecified atom stereocenters. The van der Waals surface area contributed by atoms with E-state index in [1.54, 1.807) is 17.4 Å². The van der Waals surface area contributed by atoms with Gasteiger partial charge in [-0.05, 0) is 150 Å². The summed E-state index contributed by atoms with van der Waals surface area (Å²) in [6.45, 7) is 43.1. The quantitative estimate of drug-likeness (QED) is 0.125. The number of hydrogen-bond acceptors (Lipinski definition) is 10. The molecule has 7 aromatic carbocycles. The van der Waals surface area contributed by atoms with E-state index in [0.717, 1.165) is 144 Å². The van der Waals surface area contributed by atoms with Gasteiger partial charge in [0.1, 0.15) is 26.7 Å². The van der Waals surface area contributed by atoms with Gasteiger partial charge in [-0.2, -0.15) is 13.2 Å².